The molecule has 0 aliphatic rings. The van der Waals surface area contributed by atoms with Crippen molar-refractivity contribution >= 4 is 6.21 Å². The van der Waals surface area contributed by atoms with Crippen molar-refractivity contribution in [3.8, 4) is 0 Å². The van der Waals surface area contributed by atoms with E-state index in [2.05, 4.69) is 11.6 Å². The topological polar surface area (TPSA) is 12.4 Å². The van der Waals surface area contributed by atoms with E-state index in [0.717, 1.165) is 5.70 Å². The summed E-state index contributed by atoms with van der Waals surface area (Å²) in [6.45, 7) is 9.52. The molecule has 0 atom stereocenters. The average Bonchev–Trinajstić information content (AvgIpc) is 2.00. The summed E-state index contributed by atoms with van der Waals surface area (Å²) in [6, 6.07) is 0. The molecule has 0 unspecified atom stereocenters. The molecule has 0 aliphatic heterocycles. The predicted molar refractivity (Wildman–Crippen MR) is 51.9 cm³/mol. The SMILES string of the molecule is C=C\C=C/C(C)=C(C)/N=C\C. The van der Waals surface area contributed by atoms with E-state index in [4.69, 9.17) is 0 Å². The highest BCUT2D eigenvalue weighted by molar-refractivity contribution is 5.55. The third-order valence-electron chi connectivity index (χ3n) is 1.38. The summed E-state index contributed by atoms with van der Waals surface area (Å²) in [7, 11) is 0. The van der Waals surface area contributed by atoms with E-state index < -0.39 is 0 Å². The monoisotopic (exact) mass is 149 g/mol. The van der Waals surface area contributed by atoms with E-state index in [9.17, 15) is 0 Å². The van der Waals surface area contributed by atoms with Crippen LogP contribution in [0.25, 0.3) is 0 Å². The number of rotatable bonds is 3. The highest BCUT2D eigenvalue weighted by Gasteiger charge is 1.86. The molecule has 0 saturated carbocycles. The largest absolute Gasteiger partial charge is 0.266 e. The standard InChI is InChI=1S/C10H15N/c1-5-7-8-9(3)10(4)11-6-2/h5-8H,1H2,2-4H3/b8-7-,10-9+,11-6-. The van der Waals surface area contributed by atoms with Crippen LogP contribution in [0.5, 0.6) is 0 Å². The molecule has 0 radical (unpaired) electrons. The smallest absolute Gasteiger partial charge is 0.0397 e. The fourth-order valence-electron chi connectivity index (χ4n) is 0.628. The lowest BCUT2D eigenvalue weighted by Gasteiger charge is -1.94. The molecular weight excluding hydrogens is 134 g/mol. The summed E-state index contributed by atoms with van der Waals surface area (Å²) < 4.78 is 0. The fourth-order valence-corrected chi connectivity index (χ4v) is 0.628. The van der Waals surface area contributed by atoms with Gasteiger partial charge in [-0.05, 0) is 26.3 Å². The molecule has 60 valence electrons. The van der Waals surface area contributed by atoms with Gasteiger partial charge in [-0.15, -0.1) is 0 Å². The minimum Gasteiger partial charge on any atom is -0.266 e. The third-order valence-corrected chi connectivity index (χ3v) is 1.38. The van der Waals surface area contributed by atoms with E-state index >= 15 is 0 Å². The zero-order valence-electron chi connectivity index (χ0n) is 7.46. The van der Waals surface area contributed by atoms with Gasteiger partial charge >= 0.3 is 0 Å². The summed E-state index contributed by atoms with van der Waals surface area (Å²) >= 11 is 0. The summed E-state index contributed by atoms with van der Waals surface area (Å²) in [5.41, 5.74) is 2.22. The first kappa shape index (κ1) is 9.89. The molecule has 0 fully saturated rings. The number of hydrogen-bond donors (Lipinski definition) is 0. The maximum Gasteiger partial charge on any atom is 0.0397 e. The molecule has 0 saturated heterocycles. The molecule has 0 aromatic heterocycles. The summed E-state index contributed by atoms with van der Waals surface area (Å²) in [5, 5.41) is 0. The maximum absolute atomic E-state index is 4.15. The first-order valence-electron chi connectivity index (χ1n) is 3.67. The van der Waals surface area contributed by atoms with E-state index in [1.165, 1.54) is 5.57 Å². The van der Waals surface area contributed by atoms with Crippen LogP contribution in [0, 0.1) is 0 Å². The third kappa shape index (κ3) is 4.31. The second kappa shape index (κ2) is 5.66. The Kier molecular flexibility index (Phi) is 5.09. The van der Waals surface area contributed by atoms with Crippen molar-refractivity contribution in [2.24, 2.45) is 4.99 Å². The highest BCUT2D eigenvalue weighted by Crippen LogP contribution is 2.05. The predicted octanol–water partition coefficient (Wildman–Crippen LogP) is 3.11. The van der Waals surface area contributed by atoms with Crippen molar-refractivity contribution in [3.05, 3.63) is 36.1 Å². The van der Waals surface area contributed by atoms with Gasteiger partial charge in [-0.2, -0.15) is 0 Å². The maximum atomic E-state index is 4.15. The van der Waals surface area contributed by atoms with Gasteiger partial charge in [0.25, 0.3) is 0 Å². The number of nitrogens with zero attached hydrogens (tertiary/aromatic N) is 1. The van der Waals surface area contributed by atoms with Crippen LogP contribution in [0.3, 0.4) is 0 Å². The van der Waals surface area contributed by atoms with Crippen LogP contribution >= 0.6 is 0 Å². The molecule has 0 spiro atoms. The van der Waals surface area contributed by atoms with E-state index in [-0.39, 0.29) is 0 Å². The van der Waals surface area contributed by atoms with Crippen molar-refractivity contribution in [2.75, 3.05) is 0 Å². The number of allylic oxidation sites excluding steroid dienone is 5. The second-order valence-corrected chi connectivity index (χ2v) is 2.25. The molecule has 0 amide bonds. The van der Waals surface area contributed by atoms with E-state index in [0.29, 0.717) is 0 Å². The molecular formula is C10H15N. The summed E-state index contributed by atoms with van der Waals surface area (Å²) in [6.07, 6.45) is 7.45. The zero-order chi connectivity index (χ0) is 8.69. The molecule has 1 nitrogen and oxygen atoms in total. The zero-order valence-corrected chi connectivity index (χ0v) is 7.46. The minimum absolute atomic E-state index is 1.05. The Labute approximate surface area is 68.9 Å². The minimum atomic E-state index is 1.05. The van der Waals surface area contributed by atoms with E-state index in [1.54, 1.807) is 12.3 Å². The van der Waals surface area contributed by atoms with Gasteiger partial charge in [0, 0.05) is 11.9 Å². The van der Waals surface area contributed by atoms with Crippen molar-refractivity contribution in [2.45, 2.75) is 20.8 Å². The van der Waals surface area contributed by atoms with Crippen LogP contribution in [0.15, 0.2) is 41.1 Å². The lowest BCUT2D eigenvalue weighted by molar-refractivity contribution is 1.24. The highest BCUT2D eigenvalue weighted by atomic mass is 14.7. The van der Waals surface area contributed by atoms with Crippen LogP contribution < -0.4 is 0 Å². The van der Waals surface area contributed by atoms with Gasteiger partial charge in [0.15, 0.2) is 0 Å². The Morgan fingerprint density at radius 1 is 1.36 bits per heavy atom. The molecule has 0 aromatic rings. The Morgan fingerprint density at radius 3 is 2.45 bits per heavy atom. The molecule has 0 aliphatic carbocycles. The lowest BCUT2D eigenvalue weighted by Crippen LogP contribution is -1.76. The number of aliphatic imine (C=N–C) groups is 1. The summed E-state index contributed by atoms with van der Waals surface area (Å²) in [4.78, 5) is 4.15. The van der Waals surface area contributed by atoms with Crippen LogP contribution in [-0.4, -0.2) is 6.21 Å². The van der Waals surface area contributed by atoms with Gasteiger partial charge in [0.1, 0.15) is 0 Å². The molecule has 1 heteroatoms. The first-order valence-corrected chi connectivity index (χ1v) is 3.67. The van der Waals surface area contributed by atoms with Gasteiger partial charge in [-0.1, -0.05) is 24.8 Å². The Balaban J connectivity index is 4.38. The molecule has 0 heterocycles. The molecule has 11 heavy (non-hydrogen) atoms. The summed E-state index contributed by atoms with van der Waals surface area (Å²) in [5.74, 6) is 0. The van der Waals surface area contributed by atoms with Gasteiger partial charge < -0.3 is 0 Å². The fraction of sp³-hybridized carbons (Fsp3) is 0.300. The lowest BCUT2D eigenvalue weighted by atomic mass is 10.2. The molecule has 0 rings (SSSR count). The Bertz CT molecular complexity index is 207. The molecule has 0 aromatic carbocycles. The first-order chi connectivity index (χ1) is 5.22. The number of hydrogen-bond acceptors (Lipinski definition) is 1. The van der Waals surface area contributed by atoms with Crippen LogP contribution in [0.2, 0.25) is 0 Å². The Hall–Kier alpha value is -1.11. The normalized spacial score (nSPS) is 14.1. The van der Waals surface area contributed by atoms with Crippen LogP contribution in [-0.2, 0) is 0 Å². The van der Waals surface area contributed by atoms with Gasteiger partial charge in [0.2, 0.25) is 0 Å². The van der Waals surface area contributed by atoms with E-state index in [1.807, 2.05) is 32.9 Å². The Morgan fingerprint density at radius 2 is 2.00 bits per heavy atom. The van der Waals surface area contributed by atoms with Gasteiger partial charge in [-0.3, -0.25) is 4.99 Å². The van der Waals surface area contributed by atoms with Gasteiger partial charge in [-0.25, -0.2) is 0 Å². The quantitative estimate of drug-likeness (QED) is 0.432. The molecule has 0 bridgehead atoms. The van der Waals surface area contributed by atoms with Crippen LogP contribution in [0.4, 0.5) is 0 Å². The van der Waals surface area contributed by atoms with Crippen molar-refractivity contribution in [1.82, 2.24) is 0 Å². The van der Waals surface area contributed by atoms with Gasteiger partial charge in [0.05, 0.1) is 0 Å². The van der Waals surface area contributed by atoms with Crippen molar-refractivity contribution in [1.29, 1.82) is 0 Å². The van der Waals surface area contributed by atoms with Crippen LogP contribution in [0.1, 0.15) is 20.8 Å². The average molecular weight is 149 g/mol. The van der Waals surface area contributed by atoms with Crippen molar-refractivity contribution < 1.29 is 0 Å². The molecule has 0 N–H and O–H groups in total. The van der Waals surface area contributed by atoms with Crippen molar-refractivity contribution in [3.63, 3.8) is 0 Å². The second-order valence-electron chi connectivity index (χ2n) is 2.25.